The number of sulfonamides is 1. The minimum absolute atomic E-state index is 0.115. The van der Waals surface area contributed by atoms with E-state index in [1.54, 1.807) is 19.1 Å². The number of nitrogens with one attached hydrogen (secondary N) is 1. The van der Waals surface area contributed by atoms with E-state index < -0.39 is 15.6 Å². The molecule has 1 atom stereocenters. The van der Waals surface area contributed by atoms with Crippen LogP contribution in [0.15, 0.2) is 27.6 Å². The first kappa shape index (κ1) is 14.5. The minimum Gasteiger partial charge on any atom is -0.207 e. The second-order valence-electron chi connectivity index (χ2n) is 5.10. The van der Waals surface area contributed by atoms with Gasteiger partial charge in [0, 0.05) is 4.47 Å². The Kier molecular flexibility index (Phi) is 3.74. The largest absolute Gasteiger partial charge is 0.241 e. The highest BCUT2D eigenvalue weighted by Crippen LogP contribution is 2.40. The van der Waals surface area contributed by atoms with Crippen LogP contribution in [-0.4, -0.2) is 14.0 Å². The first-order valence-corrected chi connectivity index (χ1v) is 8.27. The van der Waals surface area contributed by atoms with Gasteiger partial charge < -0.3 is 0 Å². The molecule has 1 aromatic carbocycles. The molecule has 0 bridgehead atoms. The van der Waals surface area contributed by atoms with E-state index in [1.807, 2.05) is 6.92 Å². The Morgan fingerprint density at radius 2 is 2.11 bits per heavy atom. The summed E-state index contributed by atoms with van der Waals surface area (Å²) in [5.74, 6) is 0.115. The van der Waals surface area contributed by atoms with Gasteiger partial charge in [-0.25, -0.2) is 8.42 Å². The SMILES string of the molecule is Cc1cc(S(=O)(=O)N[C@](C)(C#N)C2CC2)ccc1Br. The summed E-state index contributed by atoms with van der Waals surface area (Å²) in [6, 6.07) is 6.92. The molecule has 1 fully saturated rings. The number of nitriles is 1. The zero-order chi connectivity index (χ0) is 14.3. The average Bonchev–Trinajstić information content (AvgIpc) is 3.16. The molecule has 102 valence electrons. The molecule has 1 saturated carbocycles. The molecule has 0 saturated heterocycles. The predicted molar refractivity (Wildman–Crippen MR) is 75.9 cm³/mol. The van der Waals surface area contributed by atoms with Crippen LogP contribution in [0.2, 0.25) is 0 Å². The van der Waals surface area contributed by atoms with Crippen molar-refractivity contribution >= 4 is 26.0 Å². The molecule has 0 aromatic heterocycles. The van der Waals surface area contributed by atoms with Gasteiger partial charge in [-0.1, -0.05) is 15.9 Å². The Balaban J connectivity index is 2.32. The molecule has 0 amide bonds. The third kappa shape index (κ3) is 2.99. The van der Waals surface area contributed by atoms with E-state index in [0.717, 1.165) is 22.9 Å². The number of aryl methyl sites for hydroxylation is 1. The lowest BCUT2D eigenvalue weighted by molar-refractivity contribution is 0.458. The Morgan fingerprint density at radius 3 is 2.58 bits per heavy atom. The normalized spacial score (nSPS) is 18.6. The second-order valence-corrected chi connectivity index (χ2v) is 7.64. The van der Waals surface area contributed by atoms with E-state index in [1.165, 1.54) is 6.07 Å². The molecule has 1 N–H and O–H groups in total. The van der Waals surface area contributed by atoms with Crippen LogP contribution in [0.25, 0.3) is 0 Å². The summed E-state index contributed by atoms with van der Waals surface area (Å²) in [6.45, 7) is 3.47. The van der Waals surface area contributed by atoms with Crippen molar-refractivity contribution in [1.29, 1.82) is 5.26 Å². The molecular formula is C13H15BrN2O2S. The summed E-state index contributed by atoms with van der Waals surface area (Å²) < 4.78 is 28.0. The Morgan fingerprint density at radius 1 is 1.47 bits per heavy atom. The molecule has 1 aliphatic carbocycles. The first-order valence-electron chi connectivity index (χ1n) is 6.00. The molecule has 0 aliphatic heterocycles. The van der Waals surface area contributed by atoms with Gasteiger partial charge in [-0.2, -0.15) is 9.98 Å². The summed E-state index contributed by atoms with van der Waals surface area (Å²) in [7, 11) is -3.67. The van der Waals surface area contributed by atoms with E-state index in [-0.39, 0.29) is 10.8 Å². The van der Waals surface area contributed by atoms with Crippen LogP contribution >= 0.6 is 15.9 Å². The number of nitrogens with zero attached hydrogens (tertiary/aromatic N) is 1. The lowest BCUT2D eigenvalue weighted by Gasteiger charge is -2.22. The van der Waals surface area contributed by atoms with Crippen molar-refractivity contribution in [1.82, 2.24) is 4.72 Å². The number of rotatable bonds is 4. The van der Waals surface area contributed by atoms with E-state index in [9.17, 15) is 13.7 Å². The molecular weight excluding hydrogens is 328 g/mol. The summed E-state index contributed by atoms with van der Waals surface area (Å²) >= 11 is 3.34. The fourth-order valence-corrected chi connectivity index (χ4v) is 3.69. The van der Waals surface area contributed by atoms with Crippen LogP contribution in [0, 0.1) is 24.2 Å². The average molecular weight is 343 g/mol. The van der Waals surface area contributed by atoms with Crippen molar-refractivity contribution in [3.05, 3.63) is 28.2 Å². The van der Waals surface area contributed by atoms with Crippen molar-refractivity contribution in [3.8, 4) is 6.07 Å². The predicted octanol–water partition coefficient (Wildman–Crippen LogP) is 2.73. The van der Waals surface area contributed by atoms with Gasteiger partial charge in [0.15, 0.2) is 0 Å². The fraction of sp³-hybridized carbons (Fsp3) is 0.462. The van der Waals surface area contributed by atoms with Gasteiger partial charge in [0.1, 0.15) is 5.54 Å². The third-order valence-corrected chi connectivity index (χ3v) is 5.87. The molecule has 1 aliphatic rings. The molecule has 1 aromatic rings. The van der Waals surface area contributed by atoms with Crippen molar-refractivity contribution in [2.45, 2.75) is 37.1 Å². The van der Waals surface area contributed by atoms with E-state index >= 15 is 0 Å². The van der Waals surface area contributed by atoms with Gasteiger partial charge in [-0.3, -0.25) is 0 Å². The number of benzene rings is 1. The first-order chi connectivity index (χ1) is 8.78. The van der Waals surface area contributed by atoms with Crippen molar-refractivity contribution in [2.24, 2.45) is 5.92 Å². The van der Waals surface area contributed by atoms with Crippen LogP contribution in [0.4, 0.5) is 0 Å². The number of hydrogen-bond acceptors (Lipinski definition) is 3. The molecule has 2 rings (SSSR count). The fourth-order valence-electron chi connectivity index (χ4n) is 1.98. The van der Waals surface area contributed by atoms with Crippen LogP contribution in [0.3, 0.4) is 0 Å². The lowest BCUT2D eigenvalue weighted by atomic mass is 10.0. The Hall–Kier alpha value is -0.900. The standard InChI is InChI=1S/C13H15BrN2O2S/c1-9-7-11(5-6-12(9)14)19(17,18)16-13(2,8-15)10-3-4-10/h5-7,10,16H,3-4H2,1-2H3/t13-/m1/s1. The van der Waals surface area contributed by atoms with E-state index in [0.29, 0.717) is 0 Å². The monoisotopic (exact) mass is 342 g/mol. The van der Waals surface area contributed by atoms with Gasteiger partial charge in [-0.15, -0.1) is 0 Å². The zero-order valence-corrected chi connectivity index (χ0v) is 13.2. The maximum absolute atomic E-state index is 12.3. The second kappa shape index (κ2) is 4.89. The summed E-state index contributed by atoms with van der Waals surface area (Å²) in [4.78, 5) is 0.190. The quantitative estimate of drug-likeness (QED) is 0.914. The smallest absolute Gasteiger partial charge is 0.207 e. The van der Waals surface area contributed by atoms with Crippen LogP contribution in [0.1, 0.15) is 25.3 Å². The van der Waals surface area contributed by atoms with Gasteiger partial charge >= 0.3 is 0 Å². The summed E-state index contributed by atoms with van der Waals surface area (Å²) in [5, 5.41) is 9.22. The number of hydrogen-bond donors (Lipinski definition) is 1. The summed E-state index contributed by atoms with van der Waals surface area (Å²) in [5.41, 5.74) is -0.173. The van der Waals surface area contributed by atoms with E-state index in [4.69, 9.17) is 0 Å². The van der Waals surface area contributed by atoms with Gasteiger partial charge in [0.2, 0.25) is 10.0 Å². The van der Waals surface area contributed by atoms with Crippen molar-refractivity contribution < 1.29 is 8.42 Å². The highest BCUT2D eigenvalue weighted by molar-refractivity contribution is 9.10. The van der Waals surface area contributed by atoms with Gasteiger partial charge in [0.25, 0.3) is 0 Å². The molecule has 0 spiro atoms. The molecule has 0 unspecified atom stereocenters. The van der Waals surface area contributed by atoms with Gasteiger partial charge in [0.05, 0.1) is 11.0 Å². The van der Waals surface area contributed by atoms with Crippen LogP contribution < -0.4 is 4.72 Å². The maximum Gasteiger partial charge on any atom is 0.241 e. The summed E-state index contributed by atoms with van der Waals surface area (Å²) in [6.07, 6.45) is 1.79. The Labute approximate surface area is 122 Å². The minimum atomic E-state index is -3.67. The van der Waals surface area contributed by atoms with Gasteiger partial charge in [-0.05, 0) is 56.4 Å². The van der Waals surface area contributed by atoms with E-state index in [2.05, 4.69) is 26.7 Å². The Bertz CT molecular complexity index is 647. The molecule has 0 heterocycles. The maximum atomic E-state index is 12.3. The molecule has 0 radical (unpaired) electrons. The third-order valence-electron chi connectivity index (χ3n) is 3.41. The molecule has 19 heavy (non-hydrogen) atoms. The lowest BCUT2D eigenvalue weighted by Crippen LogP contribution is -2.46. The molecule has 4 nitrogen and oxygen atoms in total. The molecule has 6 heteroatoms. The zero-order valence-electron chi connectivity index (χ0n) is 10.8. The topological polar surface area (TPSA) is 70.0 Å². The van der Waals surface area contributed by atoms with Crippen LogP contribution in [0.5, 0.6) is 0 Å². The van der Waals surface area contributed by atoms with Crippen LogP contribution in [-0.2, 0) is 10.0 Å². The van der Waals surface area contributed by atoms with Crippen molar-refractivity contribution in [3.63, 3.8) is 0 Å². The highest BCUT2D eigenvalue weighted by Gasteiger charge is 2.44. The highest BCUT2D eigenvalue weighted by atomic mass is 79.9. The van der Waals surface area contributed by atoms with Crippen molar-refractivity contribution in [2.75, 3.05) is 0 Å². The number of halogens is 1.